The molecule has 9 nitrogen and oxygen atoms in total. The summed E-state index contributed by atoms with van der Waals surface area (Å²) in [4.78, 5) is 36.1. The number of ether oxygens (including phenoxy) is 3. The van der Waals surface area contributed by atoms with Crippen LogP contribution in [0, 0.1) is 13.8 Å². The Morgan fingerprint density at radius 3 is 2.26 bits per heavy atom. The molecule has 2 heterocycles. The average molecular weight is 514 g/mol. The number of H-pyrrole nitrogens is 1. The number of ketones is 1. The molecule has 1 aromatic heterocycles. The van der Waals surface area contributed by atoms with Gasteiger partial charge in [-0.15, -0.1) is 0 Å². The number of carbonyl (C=O) groups is 2. The highest BCUT2D eigenvalue weighted by molar-refractivity contribution is 6.51. The third-order valence-electron chi connectivity index (χ3n) is 6.66. The highest BCUT2D eigenvalue weighted by Gasteiger charge is 2.48. The van der Waals surface area contributed by atoms with Crippen LogP contribution in [0.3, 0.4) is 0 Å². The van der Waals surface area contributed by atoms with Crippen molar-refractivity contribution in [2.24, 2.45) is 0 Å². The summed E-state index contributed by atoms with van der Waals surface area (Å²) in [7, 11) is 4.61. The van der Waals surface area contributed by atoms with E-state index in [1.54, 1.807) is 62.8 Å². The number of carbonyl (C=O) groups excluding carboxylic acids is 2. The van der Waals surface area contributed by atoms with E-state index in [2.05, 4.69) is 9.97 Å². The second-order valence-corrected chi connectivity index (χ2v) is 9.05. The minimum absolute atomic E-state index is 0.0681. The molecular weight excluding hydrogens is 486 g/mol. The Morgan fingerprint density at radius 1 is 0.921 bits per heavy atom. The number of imidazole rings is 1. The average Bonchev–Trinajstić information content (AvgIpc) is 3.45. The van der Waals surface area contributed by atoms with Gasteiger partial charge >= 0.3 is 5.91 Å². The quantitative estimate of drug-likeness (QED) is 0.216. The lowest BCUT2D eigenvalue weighted by Gasteiger charge is -2.23. The van der Waals surface area contributed by atoms with Crippen LogP contribution in [-0.2, 0) is 9.59 Å². The maximum absolute atomic E-state index is 13.6. The molecule has 0 radical (unpaired) electrons. The zero-order chi connectivity index (χ0) is 27.1. The molecule has 4 aromatic rings. The van der Waals surface area contributed by atoms with Crippen LogP contribution in [-0.4, -0.2) is 48.1 Å². The number of nitrogens with zero attached hydrogens (tertiary/aromatic N) is 2. The largest absolute Gasteiger partial charge is 0.507 e. The number of hydrogen-bond acceptors (Lipinski definition) is 7. The number of aromatic amines is 1. The number of fused-ring (bicyclic) bond motifs is 1. The van der Waals surface area contributed by atoms with Gasteiger partial charge in [-0.3, -0.25) is 14.5 Å². The van der Waals surface area contributed by atoms with Crippen LogP contribution in [0.15, 0.2) is 60.2 Å². The van der Waals surface area contributed by atoms with Gasteiger partial charge in [0, 0.05) is 6.07 Å². The van der Waals surface area contributed by atoms with Crippen LogP contribution in [0.5, 0.6) is 17.2 Å². The van der Waals surface area contributed by atoms with E-state index >= 15 is 0 Å². The molecule has 0 saturated carbocycles. The van der Waals surface area contributed by atoms with Crippen molar-refractivity contribution in [1.29, 1.82) is 0 Å². The summed E-state index contributed by atoms with van der Waals surface area (Å²) in [5.41, 5.74) is 3.73. The minimum Gasteiger partial charge on any atom is -0.507 e. The number of nitrogens with one attached hydrogen (secondary N) is 1. The summed E-state index contributed by atoms with van der Waals surface area (Å²) in [6, 6.07) is 14.9. The molecule has 1 aliphatic rings. The van der Waals surface area contributed by atoms with E-state index in [0.29, 0.717) is 39.4 Å². The maximum Gasteiger partial charge on any atom is 0.302 e. The van der Waals surface area contributed by atoms with Gasteiger partial charge in [-0.2, -0.15) is 0 Å². The molecule has 9 heteroatoms. The van der Waals surface area contributed by atoms with Crippen molar-refractivity contribution >= 4 is 34.4 Å². The third kappa shape index (κ3) is 4.02. The van der Waals surface area contributed by atoms with E-state index in [4.69, 9.17) is 14.2 Å². The number of Topliss-reactive ketones (excluding diaryl/α,β-unsaturated/α-hetero) is 1. The fourth-order valence-corrected chi connectivity index (χ4v) is 4.92. The van der Waals surface area contributed by atoms with Crippen molar-refractivity contribution in [3.8, 4) is 17.2 Å². The number of aliphatic hydroxyl groups is 1. The predicted molar refractivity (Wildman–Crippen MR) is 143 cm³/mol. The van der Waals surface area contributed by atoms with Gasteiger partial charge in [-0.25, -0.2) is 4.98 Å². The van der Waals surface area contributed by atoms with Crippen molar-refractivity contribution in [2.45, 2.75) is 19.9 Å². The van der Waals surface area contributed by atoms with E-state index in [0.717, 1.165) is 11.1 Å². The number of amides is 1. The number of aryl methyl sites for hydroxylation is 2. The fraction of sp³-hybridized carbons (Fsp3) is 0.207. The number of benzene rings is 3. The second-order valence-electron chi connectivity index (χ2n) is 9.05. The van der Waals surface area contributed by atoms with Crippen molar-refractivity contribution in [1.82, 2.24) is 9.97 Å². The molecular formula is C29H27N3O6. The summed E-state index contributed by atoms with van der Waals surface area (Å²) in [5, 5.41) is 11.6. The lowest BCUT2D eigenvalue weighted by Crippen LogP contribution is -2.30. The van der Waals surface area contributed by atoms with Crippen LogP contribution >= 0.6 is 0 Å². The van der Waals surface area contributed by atoms with E-state index in [9.17, 15) is 14.7 Å². The summed E-state index contributed by atoms with van der Waals surface area (Å²) < 4.78 is 16.2. The maximum atomic E-state index is 13.6. The molecule has 2 N–H and O–H groups in total. The van der Waals surface area contributed by atoms with Crippen LogP contribution in [0.1, 0.15) is 28.3 Å². The van der Waals surface area contributed by atoms with Crippen LogP contribution in [0.25, 0.3) is 16.8 Å². The van der Waals surface area contributed by atoms with E-state index < -0.39 is 17.7 Å². The SMILES string of the molecule is COc1ccc(C2/C(=C(\O)c3cc(C)cc(C)c3OC)C(=O)C(=O)N2c2nc3ccc(OC)cc3[nH]2)cc1. The number of methoxy groups -OCH3 is 3. The molecule has 194 valence electrons. The highest BCUT2D eigenvalue weighted by Crippen LogP contribution is 2.44. The summed E-state index contributed by atoms with van der Waals surface area (Å²) in [6.07, 6.45) is 0. The fourth-order valence-electron chi connectivity index (χ4n) is 4.92. The van der Waals surface area contributed by atoms with Gasteiger partial charge in [0.1, 0.15) is 23.0 Å². The van der Waals surface area contributed by atoms with Gasteiger partial charge in [-0.05, 0) is 60.9 Å². The number of aromatic nitrogens is 2. The van der Waals surface area contributed by atoms with Gasteiger partial charge in [0.05, 0.1) is 49.5 Å². The summed E-state index contributed by atoms with van der Waals surface area (Å²) >= 11 is 0. The first-order valence-corrected chi connectivity index (χ1v) is 11.9. The van der Waals surface area contributed by atoms with Gasteiger partial charge in [0.2, 0.25) is 5.95 Å². The Balaban J connectivity index is 1.75. The number of aliphatic hydroxyl groups excluding tert-OH is 1. The molecule has 0 spiro atoms. The molecule has 1 saturated heterocycles. The molecule has 1 fully saturated rings. The van der Waals surface area contributed by atoms with Crippen LogP contribution in [0.2, 0.25) is 0 Å². The first kappa shape index (κ1) is 24.9. The van der Waals surface area contributed by atoms with Crippen molar-refractivity contribution in [2.75, 3.05) is 26.2 Å². The Kier molecular flexibility index (Phi) is 6.28. The van der Waals surface area contributed by atoms with Crippen LogP contribution < -0.4 is 19.1 Å². The standard InChI is InChI=1S/C29H27N3O6/c1-15-12-16(2)27(38-5)20(13-15)25(33)23-24(17-6-8-18(36-3)9-7-17)32(28(35)26(23)34)29-30-21-11-10-19(37-4)14-22(21)31-29/h6-14,24,33H,1-5H3,(H,30,31)/b25-23+. The lowest BCUT2D eigenvalue weighted by molar-refractivity contribution is -0.132. The zero-order valence-corrected chi connectivity index (χ0v) is 21.7. The number of rotatable bonds is 6. The number of anilines is 1. The normalized spacial score (nSPS) is 16.8. The molecule has 1 unspecified atom stereocenters. The van der Waals surface area contributed by atoms with Gasteiger partial charge < -0.3 is 24.3 Å². The highest BCUT2D eigenvalue weighted by atomic mass is 16.5. The van der Waals surface area contributed by atoms with Crippen molar-refractivity contribution < 1.29 is 28.9 Å². The molecule has 1 atom stereocenters. The zero-order valence-electron chi connectivity index (χ0n) is 21.7. The van der Waals surface area contributed by atoms with Crippen molar-refractivity contribution in [3.05, 3.63) is 82.4 Å². The van der Waals surface area contributed by atoms with Gasteiger partial charge in [0.25, 0.3) is 5.78 Å². The van der Waals surface area contributed by atoms with E-state index in [1.807, 2.05) is 19.9 Å². The predicted octanol–water partition coefficient (Wildman–Crippen LogP) is 4.83. The summed E-state index contributed by atoms with van der Waals surface area (Å²) in [6.45, 7) is 3.73. The molecule has 5 rings (SSSR count). The van der Waals surface area contributed by atoms with E-state index in [1.165, 1.54) is 12.0 Å². The van der Waals surface area contributed by atoms with Gasteiger partial charge in [0.15, 0.2) is 0 Å². The van der Waals surface area contributed by atoms with Crippen LogP contribution in [0.4, 0.5) is 5.95 Å². The first-order valence-electron chi connectivity index (χ1n) is 11.9. The lowest BCUT2D eigenvalue weighted by atomic mass is 9.93. The monoisotopic (exact) mass is 513 g/mol. The Morgan fingerprint density at radius 2 is 1.61 bits per heavy atom. The minimum atomic E-state index is -0.964. The van der Waals surface area contributed by atoms with Gasteiger partial charge in [-0.1, -0.05) is 18.2 Å². The molecule has 1 amide bonds. The van der Waals surface area contributed by atoms with Crippen molar-refractivity contribution in [3.63, 3.8) is 0 Å². The molecule has 0 bridgehead atoms. The Labute approximate surface area is 219 Å². The molecule has 0 aliphatic carbocycles. The second kappa shape index (κ2) is 9.59. The Bertz CT molecular complexity index is 1600. The topological polar surface area (TPSA) is 114 Å². The molecule has 1 aliphatic heterocycles. The summed E-state index contributed by atoms with van der Waals surface area (Å²) in [5.74, 6) is -0.163. The first-order chi connectivity index (χ1) is 18.3. The van der Waals surface area contributed by atoms with E-state index in [-0.39, 0.29) is 17.3 Å². The smallest absolute Gasteiger partial charge is 0.302 e. The number of hydrogen-bond donors (Lipinski definition) is 2. The molecule has 38 heavy (non-hydrogen) atoms. The molecule has 3 aromatic carbocycles. The third-order valence-corrected chi connectivity index (χ3v) is 6.66. The Hall–Kier alpha value is -4.79.